The highest BCUT2D eigenvalue weighted by molar-refractivity contribution is 7.80. The zero-order valence-corrected chi connectivity index (χ0v) is 13.0. The van der Waals surface area contributed by atoms with Crippen molar-refractivity contribution in [1.82, 2.24) is 9.97 Å². The topological polar surface area (TPSA) is 44.2 Å². The fraction of sp³-hybridized carbons (Fsp3) is 0.375. The van der Waals surface area contributed by atoms with Crippen LogP contribution in [-0.2, 0) is 29.1 Å². The van der Waals surface area contributed by atoms with Gasteiger partial charge in [-0.2, -0.15) is 0 Å². The molecule has 2 aromatic heterocycles. The van der Waals surface area contributed by atoms with Crippen molar-refractivity contribution in [1.29, 1.82) is 0 Å². The van der Waals surface area contributed by atoms with Crippen LogP contribution in [0.3, 0.4) is 0 Å². The molecular weight excluding hydrogens is 284 g/mol. The minimum absolute atomic E-state index is 0.177. The zero-order chi connectivity index (χ0) is 14.9. The third kappa shape index (κ3) is 5.83. The molecule has 0 aliphatic rings. The van der Waals surface area contributed by atoms with Gasteiger partial charge in [-0.3, -0.25) is 9.97 Å². The molecule has 0 bridgehead atoms. The maximum atomic E-state index is 5.70. The molecule has 5 heteroatoms. The maximum absolute atomic E-state index is 5.70. The summed E-state index contributed by atoms with van der Waals surface area (Å²) in [7, 11) is 0. The molecule has 21 heavy (non-hydrogen) atoms. The van der Waals surface area contributed by atoms with Crippen LogP contribution in [0.2, 0.25) is 0 Å². The van der Waals surface area contributed by atoms with E-state index in [0.29, 0.717) is 26.2 Å². The highest BCUT2D eigenvalue weighted by atomic mass is 32.1. The molecule has 0 radical (unpaired) electrons. The first kappa shape index (κ1) is 15.9. The van der Waals surface area contributed by atoms with E-state index in [0.717, 1.165) is 16.8 Å². The van der Waals surface area contributed by atoms with Crippen LogP contribution in [0.4, 0.5) is 0 Å². The summed E-state index contributed by atoms with van der Waals surface area (Å²) in [5.41, 5.74) is 2.95. The van der Waals surface area contributed by atoms with E-state index in [4.69, 9.17) is 9.47 Å². The van der Waals surface area contributed by atoms with E-state index in [9.17, 15) is 0 Å². The molecule has 0 saturated heterocycles. The summed E-state index contributed by atoms with van der Waals surface area (Å²) in [4.78, 5) is 8.38. The van der Waals surface area contributed by atoms with Gasteiger partial charge >= 0.3 is 0 Å². The highest BCUT2D eigenvalue weighted by Crippen LogP contribution is 2.11. The number of nitrogens with zero attached hydrogens (tertiary/aromatic N) is 2. The average molecular weight is 304 g/mol. The number of pyridine rings is 2. The van der Waals surface area contributed by atoms with Gasteiger partial charge in [0.1, 0.15) is 5.44 Å². The molecular formula is C16H20N2O2S. The molecule has 0 spiro atoms. The summed E-state index contributed by atoms with van der Waals surface area (Å²) >= 11 is 4.45. The van der Waals surface area contributed by atoms with Gasteiger partial charge in [-0.15, -0.1) is 12.6 Å². The first-order valence-corrected chi connectivity index (χ1v) is 7.49. The zero-order valence-electron chi connectivity index (χ0n) is 12.1. The molecule has 0 aliphatic carbocycles. The number of hydrogen-bond donors (Lipinski definition) is 1. The second-order valence-electron chi connectivity index (χ2n) is 4.62. The quantitative estimate of drug-likeness (QED) is 0.601. The second-order valence-corrected chi connectivity index (χ2v) is 5.20. The number of hydrogen-bond acceptors (Lipinski definition) is 5. The average Bonchev–Trinajstić information content (AvgIpc) is 2.53. The first-order valence-electron chi connectivity index (χ1n) is 6.98. The van der Waals surface area contributed by atoms with Crippen LogP contribution in [0.15, 0.2) is 42.9 Å². The van der Waals surface area contributed by atoms with E-state index in [1.54, 1.807) is 12.4 Å². The van der Waals surface area contributed by atoms with Crippen LogP contribution in [-0.4, -0.2) is 22.0 Å². The van der Waals surface area contributed by atoms with Crippen molar-refractivity contribution in [2.24, 2.45) is 0 Å². The van der Waals surface area contributed by atoms with E-state index in [1.165, 1.54) is 0 Å². The SMILES string of the molecule is CCOCc1ccc(CC(S)OCc2ccncc2)nc1. The van der Waals surface area contributed by atoms with Crippen LogP contribution in [0.1, 0.15) is 23.7 Å². The largest absolute Gasteiger partial charge is 0.377 e. The van der Waals surface area contributed by atoms with Gasteiger partial charge in [0.2, 0.25) is 0 Å². The molecule has 0 fully saturated rings. The van der Waals surface area contributed by atoms with E-state index in [1.807, 2.05) is 37.4 Å². The fourth-order valence-electron chi connectivity index (χ4n) is 1.79. The summed E-state index contributed by atoms with van der Waals surface area (Å²) in [6.07, 6.45) is 6.02. The number of ether oxygens (including phenoxy) is 2. The van der Waals surface area contributed by atoms with Gasteiger partial charge < -0.3 is 9.47 Å². The van der Waals surface area contributed by atoms with Crippen molar-refractivity contribution in [3.63, 3.8) is 0 Å². The Balaban J connectivity index is 1.78. The second kappa shape index (κ2) is 8.77. The monoisotopic (exact) mass is 304 g/mol. The van der Waals surface area contributed by atoms with E-state index in [2.05, 4.69) is 22.6 Å². The summed E-state index contributed by atoms with van der Waals surface area (Å²) in [5, 5.41) is 0. The van der Waals surface area contributed by atoms with Crippen molar-refractivity contribution in [3.8, 4) is 0 Å². The highest BCUT2D eigenvalue weighted by Gasteiger charge is 2.06. The molecule has 1 unspecified atom stereocenters. The number of aromatic nitrogens is 2. The van der Waals surface area contributed by atoms with Gasteiger partial charge in [-0.25, -0.2) is 0 Å². The molecule has 0 amide bonds. The maximum Gasteiger partial charge on any atom is 0.106 e. The molecule has 2 aromatic rings. The van der Waals surface area contributed by atoms with Gasteiger partial charge in [-0.1, -0.05) is 6.07 Å². The number of rotatable bonds is 8. The molecule has 0 saturated carbocycles. The molecule has 0 aliphatic heterocycles. The number of thiol groups is 1. The minimum Gasteiger partial charge on any atom is -0.377 e. The molecule has 0 N–H and O–H groups in total. The summed E-state index contributed by atoms with van der Waals surface area (Å²) in [6.45, 7) is 3.82. The Labute approximate surface area is 130 Å². The van der Waals surface area contributed by atoms with Crippen LogP contribution < -0.4 is 0 Å². The molecule has 4 nitrogen and oxygen atoms in total. The van der Waals surface area contributed by atoms with E-state index < -0.39 is 0 Å². The third-order valence-electron chi connectivity index (χ3n) is 2.93. The summed E-state index contributed by atoms with van der Waals surface area (Å²) in [6, 6.07) is 7.89. The fourth-order valence-corrected chi connectivity index (χ4v) is 2.05. The lowest BCUT2D eigenvalue weighted by Gasteiger charge is -2.12. The lowest BCUT2D eigenvalue weighted by Crippen LogP contribution is -2.10. The lowest BCUT2D eigenvalue weighted by molar-refractivity contribution is 0.0999. The van der Waals surface area contributed by atoms with Crippen molar-refractivity contribution < 1.29 is 9.47 Å². The van der Waals surface area contributed by atoms with Gasteiger partial charge in [0.05, 0.1) is 13.2 Å². The van der Waals surface area contributed by atoms with E-state index in [-0.39, 0.29) is 5.44 Å². The molecule has 0 aromatic carbocycles. The van der Waals surface area contributed by atoms with Crippen LogP contribution in [0, 0.1) is 0 Å². The van der Waals surface area contributed by atoms with Crippen LogP contribution in [0.25, 0.3) is 0 Å². The molecule has 1 atom stereocenters. The minimum atomic E-state index is -0.177. The Kier molecular flexibility index (Phi) is 6.66. The predicted octanol–water partition coefficient (Wildman–Crippen LogP) is 3.03. The standard InChI is InChI=1S/C16H20N2O2S/c1-2-19-11-14-3-4-15(18-10-14)9-16(21)20-12-13-5-7-17-8-6-13/h3-8,10,16,21H,2,9,11-12H2,1H3. The van der Waals surface area contributed by atoms with Gasteiger partial charge in [0.15, 0.2) is 0 Å². The Morgan fingerprint density at radius 1 is 1.10 bits per heavy atom. The van der Waals surface area contributed by atoms with Crippen molar-refractivity contribution >= 4 is 12.6 Å². The Bertz CT molecular complexity index is 520. The Morgan fingerprint density at radius 3 is 2.57 bits per heavy atom. The van der Waals surface area contributed by atoms with Crippen molar-refractivity contribution in [2.75, 3.05) is 6.61 Å². The normalized spacial score (nSPS) is 12.3. The Hall–Kier alpha value is -1.43. The van der Waals surface area contributed by atoms with E-state index >= 15 is 0 Å². The van der Waals surface area contributed by atoms with Gasteiger partial charge in [-0.05, 0) is 36.2 Å². The van der Waals surface area contributed by atoms with Gasteiger partial charge in [0.25, 0.3) is 0 Å². The summed E-state index contributed by atoms with van der Waals surface area (Å²) < 4.78 is 11.0. The van der Waals surface area contributed by atoms with Crippen LogP contribution in [0.5, 0.6) is 0 Å². The third-order valence-corrected chi connectivity index (χ3v) is 3.27. The molecule has 112 valence electrons. The predicted molar refractivity (Wildman–Crippen MR) is 85.1 cm³/mol. The van der Waals surface area contributed by atoms with Gasteiger partial charge in [0, 0.05) is 37.3 Å². The summed E-state index contributed by atoms with van der Waals surface area (Å²) in [5.74, 6) is 0. The van der Waals surface area contributed by atoms with Crippen molar-refractivity contribution in [2.45, 2.75) is 32.0 Å². The Morgan fingerprint density at radius 2 is 1.90 bits per heavy atom. The first-order chi connectivity index (χ1) is 10.3. The van der Waals surface area contributed by atoms with Crippen LogP contribution >= 0.6 is 12.6 Å². The smallest absolute Gasteiger partial charge is 0.106 e. The molecule has 2 heterocycles. The lowest BCUT2D eigenvalue weighted by atomic mass is 10.2. The molecule has 2 rings (SSSR count). The van der Waals surface area contributed by atoms with Crippen molar-refractivity contribution in [3.05, 3.63) is 59.7 Å².